The monoisotopic (exact) mass is 251 g/mol. The minimum Gasteiger partial charge on any atom is -0.480 e. The molecule has 2 rings (SSSR count). The van der Waals surface area contributed by atoms with E-state index in [-0.39, 0.29) is 5.91 Å². The lowest BCUT2D eigenvalue weighted by Gasteiger charge is -2.25. The molecule has 0 spiro atoms. The van der Waals surface area contributed by atoms with Crippen molar-refractivity contribution in [3.8, 4) is 0 Å². The smallest absolute Gasteiger partial charge is 0.329 e. The van der Waals surface area contributed by atoms with Crippen molar-refractivity contribution >= 4 is 11.9 Å². The summed E-state index contributed by atoms with van der Waals surface area (Å²) in [6.07, 6.45) is 9.76. The number of carbonyl (C=O) groups is 2. The number of carbonyl (C=O) groups excluding carboxylic acids is 1. The molecule has 1 saturated carbocycles. The first-order chi connectivity index (χ1) is 8.62. The predicted molar refractivity (Wildman–Crippen MR) is 68.1 cm³/mol. The second kappa shape index (κ2) is 5.55. The Labute approximate surface area is 107 Å². The van der Waals surface area contributed by atoms with Crippen molar-refractivity contribution in [1.29, 1.82) is 0 Å². The Morgan fingerprint density at radius 2 is 1.94 bits per heavy atom. The normalized spacial score (nSPS) is 22.3. The third kappa shape index (κ3) is 2.92. The van der Waals surface area contributed by atoms with Crippen LogP contribution in [0.4, 0.5) is 0 Å². The van der Waals surface area contributed by atoms with Gasteiger partial charge in [-0.1, -0.05) is 24.5 Å². The van der Waals surface area contributed by atoms with Crippen LogP contribution in [-0.4, -0.2) is 22.5 Å². The van der Waals surface area contributed by atoms with Gasteiger partial charge in [0.05, 0.1) is 0 Å². The molecule has 0 aromatic carbocycles. The van der Waals surface area contributed by atoms with E-state index in [1.165, 1.54) is 6.42 Å². The molecule has 1 fully saturated rings. The average Bonchev–Trinajstić information content (AvgIpc) is 2.80. The summed E-state index contributed by atoms with van der Waals surface area (Å²) in [5, 5.41) is 12.0. The van der Waals surface area contributed by atoms with Crippen molar-refractivity contribution in [1.82, 2.24) is 5.32 Å². The molecular formula is C14H21NO3. The van der Waals surface area contributed by atoms with Crippen molar-refractivity contribution in [2.75, 3.05) is 0 Å². The summed E-state index contributed by atoms with van der Waals surface area (Å²) in [6.45, 7) is 0. The SMILES string of the molecule is O=C(CC1=CCCCC1)NC1(C(=O)O)CCCC1. The summed E-state index contributed by atoms with van der Waals surface area (Å²) in [5.41, 5.74) is 0.170. The predicted octanol–water partition coefficient (Wildman–Crippen LogP) is 2.39. The van der Waals surface area contributed by atoms with Gasteiger partial charge in [0.2, 0.25) is 5.91 Å². The van der Waals surface area contributed by atoms with Crippen LogP contribution < -0.4 is 5.32 Å². The van der Waals surface area contributed by atoms with Crippen LogP contribution in [0.15, 0.2) is 11.6 Å². The Morgan fingerprint density at radius 3 is 2.50 bits per heavy atom. The zero-order valence-electron chi connectivity index (χ0n) is 10.7. The van der Waals surface area contributed by atoms with Gasteiger partial charge in [0.1, 0.15) is 5.54 Å². The fourth-order valence-electron chi connectivity index (χ4n) is 2.95. The molecule has 0 radical (unpaired) electrons. The van der Waals surface area contributed by atoms with E-state index in [1.54, 1.807) is 0 Å². The summed E-state index contributed by atoms with van der Waals surface area (Å²) < 4.78 is 0. The molecule has 1 amide bonds. The molecule has 0 saturated heterocycles. The van der Waals surface area contributed by atoms with Crippen LogP contribution in [0.2, 0.25) is 0 Å². The number of carboxylic acids is 1. The number of allylic oxidation sites excluding steroid dienone is 1. The maximum Gasteiger partial charge on any atom is 0.329 e. The Balaban J connectivity index is 1.93. The Kier molecular flexibility index (Phi) is 4.04. The third-order valence-corrected chi connectivity index (χ3v) is 4.02. The van der Waals surface area contributed by atoms with Crippen LogP contribution >= 0.6 is 0 Å². The average molecular weight is 251 g/mol. The van der Waals surface area contributed by atoms with Gasteiger partial charge in [-0.2, -0.15) is 0 Å². The molecule has 0 aliphatic heterocycles. The van der Waals surface area contributed by atoms with Crippen LogP contribution in [-0.2, 0) is 9.59 Å². The number of aliphatic carboxylic acids is 1. The summed E-state index contributed by atoms with van der Waals surface area (Å²) in [5.74, 6) is -1.02. The molecule has 2 N–H and O–H groups in total. The highest BCUT2D eigenvalue weighted by Gasteiger charge is 2.42. The Morgan fingerprint density at radius 1 is 1.22 bits per heavy atom. The zero-order valence-corrected chi connectivity index (χ0v) is 10.7. The van der Waals surface area contributed by atoms with E-state index in [2.05, 4.69) is 11.4 Å². The van der Waals surface area contributed by atoms with E-state index >= 15 is 0 Å². The molecule has 0 aromatic rings. The summed E-state index contributed by atoms with van der Waals surface area (Å²) in [6, 6.07) is 0. The number of rotatable bonds is 4. The largest absolute Gasteiger partial charge is 0.480 e. The zero-order chi connectivity index (χ0) is 13.0. The minimum atomic E-state index is -0.994. The summed E-state index contributed by atoms with van der Waals surface area (Å²) in [4.78, 5) is 23.3. The van der Waals surface area contributed by atoms with E-state index in [1.807, 2.05) is 0 Å². The van der Waals surface area contributed by atoms with Crippen molar-refractivity contribution < 1.29 is 14.7 Å². The van der Waals surface area contributed by atoms with E-state index < -0.39 is 11.5 Å². The van der Waals surface area contributed by atoms with Gasteiger partial charge in [0, 0.05) is 6.42 Å². The summed E-state index contributed by atoms with van der Waals surface area (Å²) in [7, 11) is 0. The van der Waals surface area contributed by atoms with Crippen LogP contribution in [0.5, 0.6) is 0 Å². The molecule has 2 aliphatic rings. The van der Waals surface area contributed by atoms with E-state index in [0.717, 1.165) is 37.7 Å². The fraction of sp³-hybridized carbons (Fsp3) is 0.714. The highest BCUT2D eigenvalue weighted by molar-refractivity contribution is 5.88. The number of nitrogens with one attached hydrogen (secondary N) is 1. The van der Waals surface area contributed by atoms with Crippen molar-refractivity contribution in [2.45, 2.75) is 63.3 Å². The topological polar surface area (TPSA) is 66.4 Å². The lowest BCUT2D eigenvalue weighted by Crippen LogP contribution is -2.52. The highest BCUT2D eigenvalue weighted by Crippen LogP contribution is 2.30. The molecule has 0 unspecified atom stereocenters. The molecule has 4 heteroatoms. The van der Waals surface area contributed by atoms with Gasteiger partial charge in [0.15, 0.2) is 0 Å². The van der Waals surface area contributed by atoms with E-state index in [4.69, 9.17) is 0 Å². The first-order valence-corrected chi connectivity index (χ1v) is 6.85. The van der Waals surface area contributed by atoms with Crippen molar-refractivity contribution in [3.05, 3.63) is 11.6 Å². The molecule has 0 heterocycles. The second-order valence-electron chi connectivity index (χ2n) is 5.43. The molecule has 0 atom stereocenters. The lowest BCUT2D eigenvalue weighted by molar-refractivity contribution is -0.147. The maximum absolute atomic E-state index is 12.0. The van der Waals surface area contributed by atoms with Crippen LogP contribution in [0.1, 0.15) is 57.8 Å². The minimum absolute atomic E-state index is 0.132. The number of carboxylic acid groups (broad SMARTS) is 1. The van der Waals surface area contributed by atoms with Gasteiger partial charge in [0.25, 0.3) is 0 Å². The standard InChI is InChI=1S/C14H21NO3/c16-12(10-11-6-2-1-3-7-11)15-14(13(17)18)8-4-5-9-14/h6H,1-5,7-10H2,(H,15,16)(H,17,18). The molecule has 100 valence electrons. The molecule has 4 nitrogen and oxygen atoms in total. The van der Waals surface area contributed by atoms with E-state index in [0.29, 0.717) is 19.3 Å². The van der Waals surface area contributed by atoms with Crippen LogP contribution in [0.25, 0.3) is 0 Å². The Hall–Kier alpha value is -1.32. The van der Waals surface area contributed by atoms with Gasteiger partial charge < -0.3 is 10.4 Å². The van der Waals surface area contributed by atoms with Crippen molar-refractivity contribution in [2.24, 2.45) is 0 Å². The second-order valence-corrected chi connectivity index (χ2v) is 5.43. The number of hydrogen-bond donors (Lipinski definition) is 2. The van der Waals surface area contributed by atoms with Gasteiger partial charge in [-0.25, -0.2) is 4.79 Å². The maximum atomic E-state index is 12.0. The Bertz CT molecular complexity index is 367. The quantitative estimate of drug-likeness (QED) is 0.754. The van der Waals surface area contributed by atoms with Gasteiger partial charge in [-0.05, 0) is 38.5 Å². The highest BCUT2D eigenvalue weighted by atomic mass is 16.4. The number of hydrogen-bond acceptors (Lipinski definition) is 2. The van der Waals surface area contributed by atoms with Crippen molar-refractivity contribution in [3.63, 3.8) is 0 Å². The summed E-state index contributed by atoms with van der Waals surface area (Å²) >= 11 is 0. The fourth-order valence-corrected chi connectivity index (χ4v) is 2.95. The molecule has 2 aliphatic carbocycles. The lowest BCUT2D eigenvalue weighted by atomic mass is 9.94. The molecule has 0 aromatic heterocycles. The van der Waals surface area contributed by atoms with Crippen LogP contribution in [0.3, 0.4) is 0 Å². The van der Waals surface area contributed by atoms with Gasteiger partial charge in [-0.3, -0.25) is 4.79 Å². The first kappa shape index (κ1) is 13.1. The molecular weight excluding hydrogens is 230 g/mol. The molecule has 18 heavy (non-hydrogen) atoms. The van der Waals surface area contributed by atoms with Gasteiger partial charge >= 0.3 is 5.97 Å². The van der Waals surface area contributed by atoms with Crippen LogP contribution in [0, 0.1) is 0 Å². The van der Waals surface area contributed by atoms with Gasteiger partial charge in [-0.15, -0.1) is 0 Å². The third-order valence-electron chi connectivity index (χ3n) is 4.02. The van der Waals surface area contributed by atoms with E-state index in [9.17, 15) is 14.7 Å². The molecule has 0 bridgehead atoms. The first-order valence-electron chi connectivity index (χ1n) is 6.85. The number of amides is 1.